The van der Waals surface area contributed by atoms with E-state index in [1.807, 2.05) is 30.3 Å². The first kappa shape index (κ1) is 18.7. The molecule has 2 saturated carbocycles. The third kappa shape index (κ3) is 3.12. The second kappa shape index (κ2) is 7.20. The molecule has 6 heteroatoms. The van der Waals surface area contributed by atoms with Crippen molar-refractivity contribution in [2.75, 3.05) is 12.4 Å². The Morgan fingerprint density at radius 2 is 1.57 bits per heavy atom. The van der Waals surface area contributed by atoms with E-state index in [1.165, 1.54) is 0 Å². The first-order valence-electron chi connectivity index (χ1n) is 10.2. The lowest BCUT2D eigenvalue weighted by molar-refractivity contribution is -0.152. The molecule has 0 aliphatic heterocycles. The molecule has 30 heavy (non-hydrogen) atoms. The van der Waals surface area contributed by atoms with Crippen LogP contribution in [0.2, 0.25) is 0 Å². The van der Waals surface area contributed by atoms with Crippen LogP contribution in [0.3, 0.4) is 0 Å². The zero-order chi connectivity index (χ0) is 20.8. The van der Waals surface area contributed by atoms with Gasteiger partial charge in [0.2, 0.25) is 5.91 Å². The van der Waals surface area contributed by atoms with Crippen LogP contribution in [0.5, 0.6) is 17.2 Å². The molecule has 0 spiro atoms. The van der Waals surface area contributed by atoms with E-state index in [-0.39, 0.29) is 17.7 Å². The van der Waals surface area contributed by atoms with E-state index in [0.717, 1.165) is 6.42 Å². The van der Waals surface area contributed by atoms with Crippen molar-refractivity contribution < 1.29 is 24.2 Å². The molecule has 6 atom stereocenters. The monoisotopic (exact) mass is 405 g/mol. The molecular weight excluding hydrogens is 382 g/mol. The number of nitrogens with one attached hydrogen (secondary N) is 1. The third-order valence-corrected chi connectivity index (χ3v) is 6.66. The summed E-state index contributed by atoms with van der Waals surface area (Å²) in [5, 5.41) is 12.7. The van der Waals surface area contributed by atoms with Crippen LogP contribution in [0.25, 0.3) is 0 Å². The Balaban J connectivity index is 1.30. The number of benzene rings is 2. The van der Waals surface area contributed by atoms with Crippen molar-refractivity contribution in [3.8, 4) is 17.2 Å². The van der Waals surface area contributed by atoms with Gasteiger partial charge in [0, 0.05) is 5.69 Å². The van der Waals surface area contributed by atoms with Gasteiger partial charge < -0.3 is 19.9 Å². The van der Waals surface area contributed by atoms with Gasteiger partial charge in [-0.25, -0.2) is 0 Å². The number of fused-ring (bicyclic) bond motifs is 1. The molecule has 4 aliphatic carbocycles. The number of rotatable bonds is 6. The first-order chi connectivity index (χ1) is 14.6. The summed E-state index contributed by atoms with van der Waals surface area (Å²) in [7, 11) is 1.59. The molecule has 2 N–H and O–H groups in total. The molecule has 2 aromatic rings. The molecular formula is C24H23NO5. The van der Waals surface area contributed by atoms with Gasteiger partial charge in [0.15, 0.2) is 11.5 Å². The molecule has 2 bridgehead atoms. The van der Waals surface area contributed by atoms with Crippen LogP contribution < -0.4 is 14.8 Å². The highest BCUT2D eigenvalue weighted by Crippen LogP contribution is 2.63. The van der Waals surface area contributed by atoms with Crippen LogP contribution in [-0.2, 0) is 9.59 Å². The molecule has 2 aromatic carbocycles. The molecule has 2 fully saturated rings. The van der Waals surface area contributed by atoms with Crippen LogP contribution in [0.1, 0.15) is 6.42 Å². The molecule has 6 nitrogen and oxygen atoms in total. The van der Waals surface area contributed by atoms with Gasteiger partial charge in [0.05, 0.1) is 18.9 Å². The number of amides is 1. The Bertz CT molecular complexity index is 1010. The van der Waals surface area contributed by atoms with Crippen molar-refractivity contribution in [3.63, 3.8) is 0 Å². The molecule has 0 aromatic heterocycles. The van der Waals surface area contributed by atoms with Gasteiger partial charge >= 0.3 is 5.97 Å². The van der Waals surface area contributed by atoms with Gasteiger partial charge in [-0.3, -0.25) is 9.59 Å². The van der Waals surface area contributed by atoms with E-state index in [1.54, 1.807) is 31.4 Å². The van der Waals surface area contributed by atoms with Crippen molar-refractivity contribution in [2.45, 2.75) is 6.42 Å². The zero-order valence-corrected chi connectivity index (χ0v) is 16.5. The van der Waals surface area contributed by atoms with Gasteiger partial charge in [-0.05, 0) is 66.5 Å². The van der Waals surface area contributed by atoms with E-state index in [9.17, 15) is 14.7 Å². The number of methoxy groups -OCH3 is 1. The predicted octanol–water partition coefficient (Wildman–Crippen LogP) is 4.19. The minimum atomic E-state index is -0.875. The van der Waals surface area contributed by atoms with Gasteiger partial charge in [0.1, 0.15) is 5.75 Å². The summed E-state index contributed by atoms with van der Waals surface area (Å²) in [6.45, 7) is 0. The van der Waals surface area contributed by atoms with Crippen molar-refractivity contribution >= 4 is 17.6 Å². The summed E-state index contributed by atoms with van der Waals surface area (Å²) < 4.78 is 11.2. The van der Waals surface area contributed by atoms with Crippen LogP contribution in [-0.4, -0.2) is 24.1 Å². The number of hydrogen-bond acceptors (Lipinski definition) is 4. The highest BCUT2D eigenvalue weighted by molar-refractivity contribution is 5.96. The molecule has 4 aliphatic rings. The lowest BCUT2D eigenvalue weighted by Gasteiger charge is -2.41. The number of allylic oxidation sites excluding steroid dienone is 2. The van der Waals surface area contributed by atoms with E-state index >= 15 is 0 Å². The normalized spacial score (nSPS) is 30.3. The number of para-hydroxylation sites is 2. The predicted molar refractivity (Wildman–Crippen MR) is 110 cm³/mol. The zero-order valence-electron chi connectivity index (χ0n) is 16.5. The average molecular weight is 405 g/mol. The summed E-state index contributed by atoms with van der Waals surface area (Å²) in [5.41, 5.74) is 0.620. The van der Waals surface area contributed by atoms with Crippen LogP contribution >= 0.6 is 0 Å². The number of carbonyl (C=O) groups is 2. The number of anilines is 1. The quantitative estimate of drug-likeness (QED) is 0.704. The molecule has 0 saturated heterocycles. The second-order valence-electron chi connectivity index (χ2n) is 8.26. The number of carboxylic acid groups (broad SMARTS) is 1. The Morgan fingerprint density at radius 1 is 0.933 bits per heavy atom. The van der Waals surface area contributed by atoms with E-state index in [0.29, 0.717) is 34.8 Å². The Kier molecular flexibility index (Phi) is 4.50. The highest BCUT2D eigenvalue weighted by atomic mass is 16.5. The van der Waals surface area contributed by atoms with Crippen molar-refractivity contribution in [3.05, 3.63) is 60.7 Å². The smallest absolute Gasteiger partial charge is 0.307 e. The van der Waals surface area contributed by atoms with Crippen molar-refractivity contribution in [1.29, 1.82) is 0 Å². The van der Waals surface area contributed by atoms with E-state index in [4.69, 9.17) is 9.47 Å². The maximum Gasteiger partial charge on any atom is 0.307 e. The highest BCUT2D eigenvalue weighted by Gasteiger charge is 2.62. The first-order valence-corrected chi connectivity index (χ1v) is 10.2. The second-order valence-corrected chi connectivity index (χ2v) is 8.26. The number of ether oxygens (including phenoxy) is 2. The molecule has 1 amide bonds. The van der Waals surface area contributed by atoms with E-state index in [2.05, 4.69) is 11.4 Å². The standard InChI is InChI=1S/C24H23NO5/c1-29-19-4-2-3-5-20(19)30-14-8-6-13(7-9-14)25-23(26)21-15-10-11-16(18-12-17(15)18)22(21)24(27)28/h2-11,15-18,21-22H,12H2,1H3,(H,25,26)(H,27,28)/t15-,16+,17+,18+,21-,22-/m0/s1. The number of carbonyl (C=O) groups excluding carboxylic acids is 1. The summed E-state index contributed by atoms with van der Waals surface area (Å²) in [6, 6.07) is 14.4. The summed E-state index contributed by atoms with van der Waals surface area (Å²) in [5.74, 6) is 0.493. The Morgan fingerprint density at radius 3 is 2.20 bits per heavy atom. The molecule has 0 radical (unpaired) electrons. The van der Waals surface area contributed by atoms with Crippen LogP contribution in [0.4, 0.5) is 5.69 Å². The molecule has 0 unspecified atom stereocenters. The lowest BCUT2D eigenvalue weighted by Crippen LogP contribution is -2.48. The maximum atomic E-state index is 13.0. The van der Waals surface area contributed by atoms with E-state index < -0.39 is 17.8 Å². The minimum absolute atomic E-state index is 0.0225. The Hall–Kier alpha value is -3.28. The minimum Gasteiger partial charge on any atom is -0.493 e. The maximum absolute atomic E-state index is 13.0. The third-order valence-electron chi connectivity index (χ3n) is 6.66. The van der Waals surface area contributed by atoms with Gasteiger partial charge in [0.25, 0.3) is 0 Å². The summed E-state index contributed by atoms with van der Waals surface area (Å²) in [4.78, 5) is 24.9. The average Bonchev–Trinajstić information content (AvgIpc) is 3.57. The summed E-state index contributed by atoms with van der Waals surface area (Å²) in [6.07, 6.45) is 5.11. The van der Waals surface area contributed by atoms with Gasteiger partial charge in [-0.15, -0.1) is 0 Å². The van der Waals surface area contributed by atoms with Crippen LogP contribution in [0, 0.1) is 35.5 Å². The fourth-order valence-electron chi connectivity index (χ4n) is 5.23. The number of carboxylic acids is 1. The SMILES string of the molecule is COc1ccccc1Oc1ccc(NC(=O)[C@H]2[C@H]3C=C[C@H]([C@H]4C[C@H]34)[C@@H]2C(=O)O)cc1. The number of aliphatic carboxylic acids is 1. The topological polar surface area (TPSA) is 84.9 Å². The van der Waals surface area contributed by atoms with Gasteiger partial charge in [-0.2, -0.15) is 0 Å². The van der Waals surface area contributed by atoms with Gasteiger partial charge in [-0.1, -0.05) is 24.3 Å². The van der Waals surface area contributed by atoms with Crippen molar-refractivity contribution in [1.82, 2.24) is 0 Å². The fraction of sp³-hybridized carbons (Fsp3) is 0.333. The van der Waals surface area contributed by atoms with Crippen LogP contribution in [0.15, 0.2) is 60.7 Å². The fourth-order valence-corrected chi connectivity index (χ4v) is 5.23. The number of hydrogen-bond donors (Lipinski definition) is 2. The van der Waals surface area contributed by atoms with Crippen molar-refractivity contribution in [2.24, 2.45) is 35.5 Å². The Labute approximate surface area is 174 Å². The molecule has 6 rings (SSSR count). The lowest BCUT2D eigenvalue weighted by atomic mass is 9.62. The largest absolute Gasteiger partial charge is 0.493 e. The molecule has 0 heterocycles. The summed E-state index contributed by atoms with van der Waals surface area (Å²) >= 11 is 0. The molecule has 154 valence electrons.